The highest BCUT2D eigenvalue weighted by Gasteiger charge is 2.12. The molecule has 0 aliphatic heterocycles. The number of halogens is 1. The third-order valence-electron chi connectivity index (χ3n) is 2.41. The molecule has 0 spiro atoms. The van der Waals surface area contributed by atoms with Gasteiger partial charge in [0.15, 0.2) is 0 Å². The van der Waals surface area contributed by atoms with Crippen molar-refractivity contribution in [2.24, 2.45) is 0 Å². The lowest BCUT2D eigenvalue weighted by Crippen LogP contribution is -2.01. The van der Waals surface area contributed by atoms with E-state index >= 15 is 0 Å². The minimum atomic E-state index is -0.613. The molecule has 0 radical (unpaired) electrons. The average molecular weight is 262 g/mol. The molecular weight excluding hydrogens is 251 g/mol. The highest BCUT2D eigenvalue weighted by atomic mass is 19.1. The van der Waals surface area contributed by atoms with Gasteiger partial charge in [-0.3, -0.25) is 10.1 Å². The summed E-state index contributed by atoms with van der Waals surface area (Å²) < 4.78 is 13.2. The van der Waals surface area contributed by atoms with E-state index in [1.165, 1.54) is 24.3 Å². The van der Waals surface area contributed by atoms with Gasteiger partial charge in [-0.15, -0.1) is 0 Å². The van der Waals surface area contributed by atoms with Crippen LogP contribution in [0.2, 0.25) is 0 Å². The number of benzene rings is 1. The molecule has 0 atom stereocenters. The molecular formula is C12H11FN4O2. The fraction of sp³-hybridized carbons (Fsp3) is 0.0833. The fourth-order valence-corrected chi connectivity index (χ4v) is 1.65. The Labute approximate surface area is 108 Å². The molecule has 2 rings (SSSR count). The van der Waals surface area contributed by atoms with Crippen LogP contribution in [-0.2, 0) is 0 Å². The van der Waals surface area contributed by atoms with Crippen molar-refractivity contribution in [2.75, 3.05) is 11.1 Å². The van der Waals surface area contributed by atoms with Gasteiger partial charge in [-0.05, 0) is 36.8 Å². The molecule has 19 heavy (non-hydrogen) atoms. The fourth-order valence-electron chi connectivity index (χ4n) is 1.65. The number of aryl methyl sites for hydroxylation is 1. The Morgan fingerprint density at radius 2 is 2.11 bits per heavy atom. The second-order valence-corrected chi connectivity index (χ2v) is 4.00. The van der Waals surface area contributed by atoms with E-state index in [1.54, 1.807) is 13.0 Å². The molecule has 3 N–H and O–H groups in total. The van der Waals surface area contributed by atoms with E-state index < -0.39 is 4.92 Å². The lowest BCUT2D eigenvalue weighted by molar-refractivity contribution is -0.384. The van der Waals surface area contributed by atoms with Crippen molar-refractivity contribution in [2.45, 2.75) is 6.92 Å². The number of aromatic nitrogens is 1. The molecule has 0 saturated heterocycles. The molecule has 1 aromatic heterocycles. The first kappa shape index (κ1) is 12.7. The average Bonchev–Trinajstić information content (AvgIpc) is 2.26. The van der Waals surface area contributed by atoms with Gasteiger partial charge in [0, 0.05) is 11.8 Å². The summed E-state index contributed by atoms with van der Waals surface area (Å²) in [6.07, 6.45) is 0. The molecule has 1 aromatic carbocycles. The molecule has 6 nitrogen and oxygen atoms in total. The van der Waals surface area contributed by atoms with Crippen LogP contribution in [0, 0.1) is 22.9 Å². The van der Waals surface area contributed by atoms with Crippen LogP contribution in [0.5, 0.6) is 0 Å². The van der Waals surface area contributed by atoms with Crippen molar-refractivity contribution in [3.05, 3.63) is 51.8 Å². The summed E-state index contributed by atoms with van der Waals surface area (Å²) in [5.41, 5.74) is 6.45. The van der Waals surface area contributed by atoms with Gasteiger partial charge in [0.25, 0.3) is 0 Å². The Hall–Kier alpha value is -2.70. The third-order valence-corrected chi connectivity index (χ3v) is 2.41. The zero-order valence-corrected chi connectivity index (χ0v) is 10.1. The van der Waals surface area contributed by atoms with Gasteiger partial charge in [-0.2, -0.15) is 0 Å². The molecule has 0 amide bonds. The Balaban J connectivity index is 2.28. The highest BCUT2D eigenvalue weighted by molar-refractivity contribution is 5.63. The number of nitrogens with two attached hydrogens (primary N) is 1. The summed E-state index contributed by atoms with van der Waals surface area (Å²) in [6.45, 7) is 1.76. The largest absolute Gasteiger partial charge is 0.378 e. The monoisotopic (exact) mass is 262 g/mol. The SMILES string of the molecule is Cc1cc(F)cc(Nc2ccc([N+](=O)[O-])c(N)n2)c1. The zero-order valence-electron chi connectivity index (χ0n) is 10.1. The molecule has 7 heteroatoms. The van der Waals surface area contributed by atoms with Crippen molar-refractivity contribution >= 4 is 23.0 Å². The van der Waals surface area contributed by atoms with Crippen LogP contribution in [0.4, 0.5) is 27.4 Å². The summed E-state index contributed by atoms with van der Waals surface area (Å²) in [4.78, 5) is 13.8. The predicted molar refractivity (Wildman–Crippen MR) is 69.7 cm³/mol. The van der Waals surface area contributed by atoms with E-state index in [9.17, 15) is 14.5 Å². The Kier molecular flexibility index (Phi) is 3.28. The molecule has 98 valence electrons. The van der Waals surface area contributed by atoms with Crippen molar-refractivity contribution in [3.8, 4) is 0 Å². The van der Waals surface area contributed by atoms with Crippen LogP contribution in [0.3, 0.4) is 0 Å². The minimum absolute atomic E-state index is 0.192. The number of nitrogens with zero attached hydrogens (tertiary/aromatic N) is 2. The maximum absolute atomic E-state index is 13.2. The first-order chi connectivity index (χ1) is 8.95. The van der Waals surface area contributed by atoms with Crippen LogP contribution >= 0.6 is 0 Å². The molecule has 0 aliphatic rings. The quantitative estimate of drug-likeness (QED) is 0.655. The molecule has 1 heterocycles. The third kappa shape index (κ3) is 2.95. The lowest BCUT2D eigenvalue weighted by Gasteiger charge is -2.07. The van der Waals surface area contributed by atoms with E-state index in [-0.39, 0.29) is 17.3 Å². The number of nitrogens with one attached hydrogen (secondary N) is 1. The molecule has 0 saturated carbocycles. The summed E-state index contributed by atoms with van der Waals surface area (Å²) in [5, 5.41) is 13.4. The maximum atomic E-state index is 13.2. The number of nitro groups is 1. The smallest absolute Gasteiger partial charge is 0.311 e. The summed E-state index contributed by atoms with van der Waals surface area (Å²) in [5.74, 6) is -0.256. The van der Waals surface area contributed by atoms with Crippen LogP contribution in [0.15, 0.2) is 30.3 Å². The van der Waals surface area contributed by atoms with Crippen molar-refractivity contribution in [1.82, 2.24) is 4.98 Å². The van der Waals surface area contributed by atoms with Gasteiger partial charge in [0.2, 0.25) is 5.82 Å². The summed E-state index contributed by atoms with van der Waals surface area (Å²) in [7, 11) is 0. The molecule has 2 aromatic rings. The van der Waals surface area contributed by atoms with Crippen LogP contribution in [0.1, 0.15) is 5.56 Å². The second kappa shape index (κ2) is 4.89. The van der Waals surface area contributed by atoms with Crippen LogP contribution in [-0.4, -0.2) is 9.91 Å². The standard InChI is InChI=1S/C12H11FN4O2/c1-7-4-8(13)6-9(5-7)15-11-3-2-10(17(18)19)12(14)16-11/h2-6H,1H3,(H3,14,15,16). The van der Waals surface area contributed by atoms with Gasteiger partial charge < -0.3 is 11.1 Å². The van der Waals surface area contributed by atoms with Gasteiger partial charge in [0.1, 0.15) is 11.6 Å². The Morgan fingerprint density at radius 3 is 2.68 bits per heavy atom. The Bertz CT molecular complexity index is 625. The first-order valence-corrected chi connectivity index (χ1v) is 5.41. The van der Waals surface area contributed by atoms with Crippen LogP contribution in [0.25, 0.3) is 0 Å². The van der Waals surface area contributed by atoms with Gasteiger partial charge >= 0.3 is 5.69 Å². The number of hydrogen-bond donors (Lipinski definition) is 2. The van der Waals surface area contributed by atoms with E-state index in [1.807, 2.05) is 0 Å². The Morgan fingerprint density at radius 1 is 1.37 bits per heavy atom. The van der Waals surface area contributed by atoms with E-state index in [2.05, 4.69) is 10.3 Å². The topological polar surface area (TPSA) is 94.1 Å². The molecule has 0 unspecified atom stereocenters. The normalized spacial score (nSPS) is 10.2. The van der Waals surface area contributed by atoms with Gasteiger partial charge in [0.05, 0.1) is 4.92 Å². The molecule has 0 bridgehead atoms. The number of pyridine rings is 1. The lowest BCUT2D eigenvalue weighted by atomic mass is 10.2. The first-order valence-electron chi connectivity index (χ1n) is 5.41. The van der Waals surface area contributed by atoms with Gasteiger partial charge in [-0.25, -0.2) is 9.37 Å². The summed E-state index contributed by atoms with van der Waals surface area (Å²) >= 11 is 0. The summed E-state index contributed by atoms with van der Waals surface area (Å²) in [6, 6.07) is 7.07. The second-order valence-electron chi connectivity index (χ2n) is 4.00. The van der Waals surface area contributed by atoms with Crippen molar-refractivity contribution in [3.63, 3.8) is 0 Å². The number of nitrogen functional groups attached to an aromatic ring is 1. The number of anilines is 3. The van der Waals surface area contributed by atoms with E-state index in [4.69, 9.17) is 5.73 Å². The number of rotatable bonds is 3. The van der Waals surface area contributed by atoms with Crippen molar-refractivity contribution < 1.29 is 9.31 Å². The van der Waals surface area contributed by atoms with E-state index in [0.717, 1.165) is 5.56 Å². The highest BCUT2D eigenvalue weighted by Crippen LogP contribution is 2.23. The predicted octanol–water partition coefficient (Wildman–Crippen LogP) is 2.76. The molecule has 0 fully saturated rings. The maximum Gasteiger partial charge on any atom is 0.311 e. The zero-order chi connectivity index (χ0) is 14.0. The van der Waals surface area contributed by atoms with Gasteiger partial charge in [-0.1, -0.05) is 0 Å². The van der Waals surface area contributed by atoms with Crippen LogP contribution < -0.4 is 11.1 Å². The number of hydrogen-bond acceptors (Lipinski definition) is 5. The van der Waals surface area contributed by atoms with E-state index in [0.29, 0.717) is 11.5 Å². The molecule has 0 aliphatic carbocycles. The van der Waals surface area contributed by atoms with Crippen molar-refractivity contribution in [1.29, 1.82) is 0 Å². The minimum Gasteiger partial charge on any atom is -0.378 e.